The van der Waals surface area contributed by atoms with Crippen molar-refractivity contribution in [1.29, 1.82) is 0 Å². The van der Waals surface area contributed by atoms with E-state index in [0.29, 0.717) is 36.2 Å². The molecule has 25 heavy (non-hydrogen) atoms. The summed E-state index contributed by atoms with van der Waals surface area (Å²) in [6.45, 7) is 5.69. The van der Waals surface area contributed by atoms with Gasteiger partial charge in [-0.1, -0.05) is 6.92 Å². The van der Waals surface area contributed by atoms with Crippen LogP contribution in [-0.2, 0) is 14.3 Å². The summed E-state index contributed by atoms with van der Waals surface area (Å²) in [4.78, 5) is 27.6. The fourth-order valence-corrected chi connectivity index (χ4v) is 4.93. The van der Waals surface area contributed by atoms with Crippen molar-refractivity contribution in [2.45, 2.75) is 39.5 Å². The van der Waals surface area contributed by atoms with Crippen LogP contribution in [0.1, 0.15) is 49.2 Å². The van der Waals surface area contributed by atoms with Crippen LogP contribution in [0, 0.1) is 14.7 Å². The van der Waals surface area contributed by atoms with E-state index in [9.17, 15) is 9.59 Å². The Hall–Kier alpha value is -0.670. The van der Waals surface area contributed by atoms with Crippen molar-refractivity contribution in [3.63, 3.8) is 0 Å². The molecule has 1 aliphatic rings. The number of nitrogens with zero attached hydrogens (tertiary/aromatic N) is 1. The summed E-state index contributed by atoms with van der Waals surface area (Å²) in [6, 6.07) is 1.90. The number of carbonyl (C=O) groups excluding carboxylic acids is 2. The predicted octanol–water partition coefficient (Wildman–Crippen LogP) is 4.34. The molecule has 140 valence electrons. The van der Waals surface area contributed by atoms with Crippen LogP contribution in [0.25, 0.3) is 0 Å². The molecule has 1 fully saturated rings. The summed E-state index contributed by atoms with van der Waals surface area (Å²) in [5.41, 5.74) is 0.657. The number of anilines is 1. The Morgan fingerprint density at radius 3 is 2.60 bits per heavy atom. The van der Waals surface area contributed by atoms with Crippen molar-refractivity contribution in [1.82, 2.24) is 0 Å². The minimum Gasteiger partial charge on any atom is -0.465 e. The molecule has 7 heteroatoms. The number of rotatable bonds is 7. The molecule has 1 aromatic heterocycles. The first-order valence-electron chi connectivity index (χ1n) is 8.74. The molecule has 1 aliphatic carbocycles. The molecule has 1 saturated carbocycles. The van der Waals surface area contributed by atoms with Gasteiger partial charge in [-0.15, -0.1) is 11.3 Å². The van der Waals surface area contributed by atoms with Crippen LogP contribution in [0.2, 0.25) is 0 Å². The van der Waals surface area contributed by atoms with Crippen molar-refractivity contribution < 1.29 is 19.1 Å². The van der Waals surface area contributed by atoms with Crippen LogP contribution < -0.4 is 4.90 Å². The minimum atomic E-state index is -0.394. The standard InChI is InChI=1S/C18H26INO4S/c1-4-24-10-9-20(17(21)13-7-5-12(2)6-8-13)14-11-15(19)25-16(14)18(22)23-3/h11-13H,4-10H2,1-3H3/t12-,13-. The van der Waals surface area contributed by atoms with Crippen molar-refractivity contribution in [2.75, 3.05) is 31.8 Å². The van der Waals surface area contributed by atoms with Gasteiger partial charge in [0.2, 0.25) is 5.91 Å². The molecule has 0 spiro atoms. The molecular formula is C18H26INO4S. The highest BCUT2D eigenvalue weighted by atomic mass is 127. The molecule has 2 rings (SSSR count). The molecule has 1 heterocycles. The minimum absolute atomic E-state index is 0.0286. The smallest absolute Gasteiger partial charge is 0.350 e. The maximum Gasteiger partial charge on any atom is 0.350 e. The van der Waals surface area contributed by atoms with E-state index in [-0.39, 0.29) is 11.8 Å². The second kappa shape index (κ2) is 9.87. The molecule has 0 radical (unpaired) electrons. The van der Waals surface area contributed by atoms with Gasteiger partial charge < -0.3 is 14.4 Å². The number of ether oxygens (including phenoxy) is 2. The first-order chi connectivity index (χ1) is 12.0. The van der Waals surface area contributed by atoms with E-state index in [1.807, 2.05) is 13.0 Å². The largest absolute Gasteiger partial charge is 0.465 e. The van der Waals surface area contributed by atoms with Crippen LogP contribution >= 0.6 is 33.9 Å². The molecule has 0 bridgehead atoms. The summed E-state index contributed by atoms with van der Waals surface area (Å²) in [5.74, 6) is 0.426. The van der Waals surface area contributed by atoms with E-state index < -0.39 is 5.97 Å². The number of hydrogen-bond donors (Lipinski definition) is 0. The molecule has 0 N–H and O–H groups in total. The first-order valence-corrected chi connectivity index (χ1v) is 10.6. The predicted molar refractivity (Wildman–Crippen MR) is 108 cm³/mol. The lowest BCUT2D eigenvalue weighted by molar-refractivity contribution is -0.123. The zero-order valence-electron chi connectivity index (χ0n) is 15.0. The van der Waals surface area contributed by atoms with Gasteiger partial charge in [-0.05, 0) is 67.2 Å². The van der Waals surface area contributed by atoms with Crippen LogP contribution in [-0.4, -0.2) is 38.7 Å². The van der Waals surface area contributed by atoms with Crippen LogP contribution in [0.3, 0.4) is 0 Å². The van der Waals surface area contributed by atoms with Crippen molar-refractivity contribution >= 4 is 51.5 Å². The van der Waals surface area contributed by atoms with Gasteiger partial charge in [-0.3, -0.25) is 4.79 Å². The second-order valence-electron chi connectivity index (χ2n) is 6.40. The Balaban J connectivity index is 2.26. The van der Waals surface area contributed by atoms with Gasteiger partial charge in [0.25, 0.3) is 0 Å². The van der Waals surface area contributed by atoms with Gasteiger partial charge in [0, 0.05) is 19.1 Å². The molecule has 0 aromatic carbocycles. The van der Waals surface area contributed by atoms with Crippen molar-refractivity contribution in [3.8, 4) is 0 Å². The lowest BCUT2D eigenvalue weighted by Crippen LogP contribution is -2.40. The third-order valence-corrected chi connectivity index (χ3v) is 6.50. The van der Waals surface area contributed by atoms with E-state index in [1.54, 1.807) is 4.90 Å². The molecule has 0 aliphatic heterocycles. The number of thiophene rings is 1. The molecule has 0 unspecified atom stereocenters. The van der Waals surface area contributed by atoms with E-state index in [2.05, 4.69) is 29.5 Å². The average Bonchev–Trinajstić information content (AvgIpc) is 2.99. The number of amides is 1. The quantitative estimate of drug-likeness (QED) is 0.332. The summed E-state index contributed by atoms with van der Waals surface area (Å²) < 4.78 is 11.3. The van der Waals surface area contributed by atoms with E-state index >= 15 is 0 Å². The normalized spacial score (nSPS) is 20.3. The number of halogens is 1. The van der Waals surface area contributed by atoms with Gasteiger partial charge in [0.1, 0.15) is 4.88 Å². The van der Waals surface area contributed by atoms with Crippen LogP contribution in [0.4, 0.5) is 5.69 Å². The number of hydrogen-bond acceptors (Lipinski definition) is 5. The monoisotopic (exact) mass is 479 g/mol. The number of esters is 1. The maximum atomic E-state index is 13.2. The van der Waals surface area contributed by atoms with Gasteiger partial charge in [-0.25, -0.2) is 4.79 Å². The maximum absolute atomic E-state index is 13.2. The van der Waals surface area contributed by atoms with Gasteiger partial charge >= 0.3 is 5.97 Å². The van der Waals surface area contributed by atoms with E-state index in [0.717, 1.165) is 28.6 Å². The Labute approximate surface area is 167 Å². The first kappa shape index (κ1) is 20.6. The summed E-state index contributed by atoms with van der Waals surface area (Å²) >= 11 is 3.53. The zero-order chi connectivity index (χ0) is 18.4. The molecule has 1 amide bonds. The SMILES string of the molecule is CCOCCN(c1cc(I)sc1C(=O)OC)C(=O)[C@H]1CC[C@H](C)CC1. The fraction of sp³-hybridized carbons (Fsp3) is 0.667. The molecule has 0 saturated heterocycles. The lowest BCUT2D eigenvalue weighted by Gasteiger charge is -2.31. The molecule has 1 aromatic rings. The highest BCUT2D eigenvalue weighted by Gasteiger charge is 2.31. The topological polar surface area (TPSA) is 55.8 Å². The third-order valence-electron chi connectivity index (χ3n) is 4.64. The Morgan fingerprint density at radius 2 is 2.00 bits per heavy atom. The molecular weight excluding hydrogens is 453 g/mol. The highest BCUT2D eigenvalue weighted by Crippen LogP contribution is 2.35. The van der Waals surface area contributed by atoms with Gasteiger partial charge in [0.15, 0.2) is 0 Å². The molecule has 5 nitrogen and oxygen atoms in total. The Morgan fingerprint density at radius 1 is 1.32 bits per heavy atom. The highest BCUT2D eigenvalue weighted by molar-refractivity contribution is 14.1. The molecule has 0 atom stereocenters. The average molecular weight is 479 g/mol. The lowest BCUT2D eigenvalue weighted by atomic mass is 9.82. The number of carbonyl (C=O) groups is 2. The van der Waals surface area contributed by atoms with Crippen LogP contribution in [0.15, 0.2) is 6.07 Å². The van der Waals surface area contributed by atoms with Crippen molar-refractivity contribution in [2.24, 2.45) is 11.8 Å². The fourth-order valence-electron chi connectivity index (χ4n) is 3.17. The van der Waals surface area contributed by atoms with Crippen molar-refractivity contribution in [3.05, 3.63) is 13.8 Å². The summed E-state index contributed by atoms with van der Waals surface area (Å²) in [5, 5.41) is 0. The van der Waals surface area contributed by atoms with Gasteiger partial charge in [0.05, 0.1) is 22.3 Å². The summed E-state index contributed by atoms with van der Waals surface area (Å²) in [7, 11) is 1.37. The Bertz CT molecular complexity index is 596. The van der Waals surface area contributed by atoms with Gasteiger partial charge in [-0.2, -0.15) is 0 Å². The van der Waals surface area contributed by atoms with Crippen LogP contribution in [0.5, 0.6) is 0 Å². The Kier molecular flexibility index (Phi) is 8.15. The summed E-state index contributed by atoms with van der Waals surface area (Å²) in [6.07, 6.45) is 4.00. The zero-order valence-corrected chi connectivity index (χ0v) is 18.0. The van der Waals surface area contributed by atoms with E-state index in [4.69, 9.17) is 9.47 Å². The number of methoxy groups -OCH3 is 1. The second-order valence-corrected chi connectivity index (χ2v) is 9.35. The third kappa shape index (κ3) is 5.40. The van der Waals surface area contributed by atoms with E-state index in [1.165, 1.54) is 18.4 Å².